The van der Waals surface area contributed by atoms with Crippen LogP contribution in [0.1, 0.15) is 12.5 Å². The molecule has 1 aromatic carbocycles. The molecule has 7 nitrogen and oxygen atoms in total. The average Bonchev–Trinajstić information content (AvgIpc) is 2.46. The summed E-state index contributed by atoms with van der Waals surface area (Å²) in [4.78, 5) is 21.7. The number of hydrogen-bond donors (Lipinski definition) is 1. The second-order valence-corrected chi connectivity index (χ2v) is 4.05. The molecule has 116 valence electrons. The molecule has 0 saturated heterocycles. The third-order valence-electron chi connectivity index (χ3n) is 2.58. The number of carbonyl (C=O) groups is 2. The van der Waals surface area contributed by atoms with Gasteiger partial charge in [0.25, 0.3) is 0 Å². The number of amides is 1. The Morgan fingerprint density at radius 3 is 2.43 bits per heavy atom. The number of nitrogens with one attached hydrogen (secondary N) is 1. The van der Waals surface area contributed by atoms with Gasteiger partial charge in [-0.3, -0.25) is 4.79 Å². The molecule has 0 aliphatic carbocycles. The fourth-order valence-corrected chi connectivity index (χ4v) is 1.56. The fourth-order valence-electron chi connectivity index (χ4n) is 1.56. The van der Waals surface area contributed by atoms with Gasteiger partial charge in [-0.15, -0.1) is 0 Å². The van der Waals surface area contributed by atoms with E-state index in [4.69, 9.17) is 9.47 Å². The Hall–Kier alpha value is -2.44. The van der Waals surface area contributed by atoms with Gasteiger partial charge in [-0.25, -0.2) is 4.79 Å². The van der Waals surface area contributed by atoms with Gasteiger partial charge < -0.3 is 24.3 Å². The minimum Gasteiger partial charge on any atom is -0.493 e. The summed E-state index contributed by atoms with van der Waals surface area (Å²) in [5.41, 5.74) is 0.980. The Kier molecular flexibility index (Phi) is 6.86. The first kappa shape index (κ1) is 16.6. The second kappa shape index (κ2) is 8.68. The van der Waals surface area contributed by atoms with Crippen molar-refractivity contribution in [3.05, 3.63) is 23.8 Å². The Bertz CT molecular complexity index is 488. The van der Waals surface area contributed by atoms with Gasteiger partial charge in [0.15, 0.2) is 11.5 Å². The minimum absolute atomic E-state index is 0.383. The second-order valence-electron chi connectivity index (χ2n) is 4.05. The van der Waals surface area contributed by atoms with E-state index in [0.717, 1.165) is 5.56 Å². The Balaban J connectivity index is 2.35. The van der Waals surface area contributed by atoms with Crippen molar-refractivity contribution in [2.24, 2.45) is 0 Å². The fraction of sp³-hybridized carbons (Fsp3) is 0.429. The maximum Gasteiger partial charge on any atom is 0.410 e. The van der Waals surface area contributed by atoms with Gasteiger partial charge in [0.1, 0.15) is 0 Å². The highest BCUT2D eigenvalue weighted by molar-refractivity contribution is 5.68. The van der Waals surface area contributed by atoms with Crippen molar-refractivity contribution >= 4 is 12.1 Å². The number of benzene rings is 1. The monoisotopic (exact) mass is 297 g/mol. The predicted octanol–water partition coefficient (Wildman–Crippen LogP) is 1.49. The molecule has 7 heteroatoms. The standard InChI is InChI=1S/C14H19NO6/c1-10(16)20-9-21-14(17)15-7-6-11-4-5-12(18-2)13(8-11)19-3/h4-5,8H,6-7,9H2,1-3H3,(H,15,17). The summed E-state index contributed by atoms with van der Waals surface area (Å²) in [7, 11) is 3.13. The van der Waals surface area contributed by atoms with Crippen molar-refractivity contribution in [2.75, 3.05) is 27.6 Å². The molecule has 0 fully saturated rings. The summed E-state index contributed by atoms with van der Waals surface area (Å²) in [5, 5.41) is 2.55. The lowest BCUT2D eigenvalue weighted by molar-refractivity contribution is -0.149. The molecular formula is C14H19NO6. The number of ether oxygens (including phenoxy) is 4. The van der Waals surface area contributed by atoms with E-state index in [1.165, 1.54) is 6.92 Å². The quantitative estimate of drug-likeness (QED) is 0.606. The van der Waals surface area contributed by atoms with E-state index in [9.17, 15) is 9.59 Å². The van der Waals surface area contributed by atoms with Crippen LogP contribution in [0.3, 0.4) is 0 Å². The number of esters is 1. The highest BCUT2D eigenvalue weighted by Crippen LogP contribution is 2.27. The van der Waals surface area contributed by atoms with Gasteiger partial charge in [0.05, 0.1) is 14.2 Å². The van der Waals surface area contributed by atoms with Crippen LogP contribution < -0.4 is 14.8 Å². The number of methoxy groups -OCH3 is 2. The summed E-state index contributed by atoms with van der Waals surface area (Å²) >= 11 is 0. The van der Waals surface area contributed by atoms with Crippen LogP contribution in [0, 0.1) is 0 Å². The van der Waals surface area contributed by atoms with E-state index < -0.39 is 18.9 Å². The van der Waals surface area contributed by atoms with Crippen molar-refractivity contribution in [2.45, 2.75) is 13.3 Å². The van der Waals surface area contributed by atoms with Gasteiger partial charge in [0, 0.05) is 13.5 Å². The average molecular weight is 297 g/mol. The molecule has 1 N–H and O–H groups in total. The number of carbonyl (C=O) groups excluding carboxylic acids is 2. The summed E-state index contributed by atoms with van der Waals surface area (Å²) in [6.45, 7) is 1.23. The molecule has 0 aliphatic heterocycles. The maximum atomic E-state index is 11.3. The Morgan fingerprint density at radius 2 is 1.81 bits per heavy atom. The molecule has 1 aromatic rings. The predicted molar refractivity (Wildman–Crippen MR) is 74.4 cm³/mol. The molecule has 0 saturated carbocycles. The van der Waals surface area contributed by atoms with E-state index >= 15 is 0 Å². The van der Waals surface area contributed by atoms with Gasteiger partial charge in [0.2, 0.25) is 6.79 Å². The first-order chi connectivity index (χ1) is 10.1. The summed E-state index contributed by atoms with van der Waals surface area (Å²) < 4.78 is 19.5. The van der Waals surface area contributed by atoms with E-state index in [-0.39, 0.29) is 0 Å². The van der Waals surface area contributed by atoms with Crippen LogP contribution in [-0.2, 0) is 20.7 Å². The van der Waals surface area contributed by atoms with Crippen molar-refractivity contribution in [1.82, 2.24) is 5.32 Å². The van der Waals surface area contributed by atoms with Crippen LogP contribution in [0.4, 0.5) is 4.79 Å². The van der Waals surface area contributed by atoms with Crippen molar-refractivity contribution in [1.29, 1.82) is 0 Å². The normalized spacial score (nSPS) is 9.67. The molecule has 0 atom stereocenters. The van der Waals surface area contributed by atoms with E-state index in [1.54, 1.807) is 20.3 Å². The zero-order valence-corrected chi connectivity index (χ0v) is 12.3. The van der Waals surface area contributed by atoms with E-state index in [2.05, 4.69) is 14.8 Å². The third-order valence-corrected chi connectivity index (χ3v) is 2.58. The number of rotatable bonds is 7. The zero-order valence-electron chi connectivity index (χ0n) is 12.3. The maximum absolute atomic E-state index is 11.3. The molecule has 0 spiro atoms. The van der Waals surface area contributed by atoms with Crippen molar-refractivity contribution < 1.29 is 28.5 Å². The molecule has 21 heavy (non-hydrogen) atoms. The molecular weight excluding hydrogens is 278 g/mol. The lowest BCUT2D eigenvalue weighted by Gasteiger charge is -2.10. The SMILES string of the molecule is COc1ccc(CCNC(=O)OCOC(C)=O)cc1OC. The highest BCUT2D eigenvalue weighted by Gasteiger charge is 2.06. The topological polar surface area (TPSA) is 83.1 Å². The Morgan fingerprint density at radius 1 is 1.10 bits per heavy atom. The van der Waals surface area contributed by atoms with E-state index in [1.807, 2.05) is 12.1 Å². The summed E-state index contributed by atoms with van der Waals surface area (Å²) in [5.74, 6) is 0.774. The lowest BCUT2D eigenvalue weighted by atomic mass is 10.1. The lowest BCUT2D eigenvalue weighted by Crippen LogP contribution is -2.27. The van der Waals surface area contributed by atoms with Gasteiger partial charge in [-0.05, 0) is 24.1 Å². The summed E-state index contributed by atoms with van der Waals surface area (Å²) in [6, 6.07) is 5.52. The molecule has 0 radical (unpaired) electrons. The minimum atomic E-state index is -0.642. The first-order valence-electron chi connectivity index (χ1n) is 6.31. The van der Waals surface area contributed by atoms with Gasteiger partial charge in [-0.2, -0.15) is 0 Å². The molecule has 1 amide bonds. The number of hydrogen-bond acceptors (Lipinski definition) is 6. The molecule has 0 unspecified atom stereocenters. The van der Waals surface area contributed by atoms with E-state index in [0.29, 0.717) is 24.5 Å². The van der Waals surface area contributed by atoms with Gasteiger partial charge >= 0.3 is 12.1 Å². The van der Waals surface area contributed by atoms with Crippen molar-refractivity contribution in [3.8, 4) is 11.5 Å². The Labute approximate surface area is 123 Å². The largest absolute Gasteiger partial charge is 0.493 e. The highest BCUT2D eigenvalue weighted by atomic mass is 16.7. The molecule has 0 bridgehead atoms. The summed E-state index contributed by atoms with van der Waals surface area (Å²) in [6.07, 6.45) is -0.0417. The van der Waals surface area contributed by atoms with Crippen LogP contribution in [0.5, 0.6) is 11.5 Å². The zero-order chi connectivity index (χ0) is 15.7. The molecule has 1 rings (SSSR count). The number of alkyl carbamates (subject to hydrolysis) is 1. The van der Waals surface area contributed by atoms with Gasteiger partial charge in [-0.1, -0.05) is 6.07 Å². The van der Waals surface area contributed by atoms with Crippen molar-refractivity contribution in [3.63, 3.8) is 0 Å². The smallest absolute Gasteiger partial charge is 0.410 e. The van der Waals surface area contributed by atoms with Crippen LogP contribution in [0.15, 0.2) is 18.2 Å². The first-order valence-corrected chi connectivity index (χ1v) is 6.31. The molecule has 0 heterocycles. The van der Waals surface area contributed by atoms with Crippen LogP contribution in [-0.4, -0.2) is 39.6 Å². The van der Waals surface area contributed by atoms with Crippen LogP contribution >= 0.6 is 0 Å². The van der Waals surface area contributed by atoms with Crippen LogP contribution in [0.25, 0.3) is 0 Å². The van der Waals surface area contributed by atoms with Crippen LogP contribution in [0.2, 0.25) is 0 Å². The third kappa shape index (κ3) is 6.03. The molecule has 0 aliphatic rings. The molecule has 0 aromatic heterocycles.